The molecule has 0 aliphatic carbocycles. The van der Waals surface area contributed by atoms with E-state index in [0.29, 0.717) is 19.3 Å². The van der Waals surface area contributed by atoms with Gasteiger partial charge in [-0.15, -0.1) is 0 Å². The molecule has 12 heteroatoms. The van der Waals surface area contributed by atoms with E-state index in [1.165, 1.54) is 135 Å². The summed E-state index contributed by atoms with van der Waals surface area (Å²) in [7, 11) is 0. The van der Waals surface area contributed by atoms with Gasteiger partial charge in [-0.1, -0.05) is 256 Å². The molecule has 1 rings (SSSR count). The van der Waals surface area contributed by atoms with E-state index < -0.39 is 67.3 Å². The average Bonchev–Trinajstić information content (AvgIpc) is 3.44. The van der Waals surface area contributed by atoms with Gasteiger partial charge in [-0.3, -0.25) is 14.4 Å². The molecule has 0 aromatic rings. The van der Waals surface area contributed by atoms with Crippen molar-refractivity contribution in [3.63, 3.8) is 0 Å². The van der Waals surface area contributed by atoms with Crippen LogP contribution >= 0.6 is 0 Å². The number of esters is 3. The Morgan fingerprint density at radius 3 is 1.23 bits per heavy atom. The van der Waals surface area contributed by atoms with Gasteiger partial charge in [0.15, 0.2) is 24.6 Å². The van der Waals surface area contributed by atoms with Crippen LogP contribution in [-0.2, 0) is 42.9 Å². The summed E-state index contributed by atoms with van der Waals surface area (Å²) in [5, 5.41) is 31.6. The van der Waals surface area contributed by atoms with E-state index in [4.69, 9.17) is 23.7 Å². The van der Waals surface area contributed by atoms with Crippen molar-refractivity contribution in [2.24, 2.45) is 0 Å². The third-order valence-corrected chi connectivity index (χ3v) is 14.9. The van der Waals surface area contributed by atoms with E-state index in [9.17, 15) is 34.5 Å². The normalized spacial score (nSPS) is 18.1. The molecular weight excluding hydrogens is 997 g/mol. The van der Waals surface area contributed by atoms with Crippen molar-refractivity contribution in [1.29, 1.82) is 0 Å². The standard InChI is InChI=1S/C67H118O12/c1-4-7-10-13-16-19-22-25-28-29-30-31-34-35-38-41-44-47-50-53-59(68)75-56-58(77-60(69)54-51-48-45-42-39-36-32-26-23-20-17-14-11-8-5-2)57-76-67-65(63(72)62(71)64(79-67)66(73)74)78-61(70)55-52-49-46-43-40-37-33-27-24-21-18-15-12-9-6-3/h9,12,18,21,26-27,32-33,58,62-65,67,71-72H,4-8,10-11,13-17,19-20,22-25,28-31,34-57H2,1-3H3,(H,73,74)/b12-9-,21-18-,32-26-,33-27-. The number of carboxylic acids is 1. The van der Waals surface area contributed by atoms with Crippen LogP contribution < -0.4 is 0 Å². The maximum absolute atomic E-state index is 13.2. The molecular formula is C67H118O12. The second kappa shape index (κ2) is 55.2. The summed E-state index contributed by atoms with van der Waals surface area (Å²) in [6, 6.07) is 0. The van der Waals surface area contributed by atoms with Crippen molar-refractivity contribution in [2.75, 3.05) is 13.2 Å². The first-order valence-corrected chi connectivity index (χ1v) is 32.6. The Hall–Kier alpha value is -3.32. The third-order valence-electron chi connectivity index (χ3n) is 14.9. The van der Waals surface area contributed by atoms with E-state index >= 15 is 0 Å². The zero-order chi connectivity index (χ0) is 57.5. The van der Waals surface area contributed by atoms with Gasteiger partial charge >= 0.3 is 23.9 Å². The second-order valence-corrected chi connectivity index (χ2v) is 22.4. The molecule has 0 aromatic carbocycles. The van der Waals surface area contributed by atoms with Crippen LogP contribution in [0.25, 0.3) is 0 Å². The number of aliphatic carboxylic acids is 1. The highest BCUT2D eigenvalue weighted by Gasteiger charge is 2.50. The molecule has 0 spiro atoms. The molecule has 1 heterocycles. The van der Waals surface area contributed by atoms with Crippen molar-refractivity contribution in [3.8, 4) is 0 Å². The third kappa shape index (κ3) is 45.0. The van der Waals surface area contributed by atoms with Crippen LogP contribution in [0.5, 0.6) is 0 Å². The number of rotatable bonds is 56. The zero-order valence-electron chi connectivity index (χ0n) is 50.6. The maximum Gasteiger partial charge on any atom is 0.335 e. The first-order valence-electron chi connectivity index (χ1n) is 32.6. The topological polar surface area (TPSA) is 175 Å². The van der Waals surface area contributed by atoms with Crippen molar-refractivity contribution in [1.82, 2.24) is 0 Å². The van der Waals surface area contributed by atoms with Crippen LogP contribution in [0, 0.1) is 0 Å². The number of aliphatic hydroxyl groups is 2. The number of allylic oxidation sites excluding steroid dienone is 8. The number of aliphatic hydroxyl groups excluding tert-OH is 2. The number of carbonyl (C=O) groups excluding carboxylic acids is 3. The van der Waals surface area contributed by atoms with Crippen LogP contribution in [0.1, 0.15) is 303 Å². The van der Waals surface area contributed by atoms with Crippen LogP contribution in [0.2, 0.25) is 0 Å². The molecule has 1 aliphatic rings. The highest BCUT2D eigenvalue weighted by atomic mass is 16.7. The van der Waals surface area contributed by atoms with Crippen LogP contribution in [0.3, 0.4) is 0 Å². The van der Waals surface area contributed by atoms with E-state index in [0.717, 1.165) is 109 Å². The molecule has 6 unspecified atom stereocenters. The lowest BCUT2D eigenvalue weighted by atomic mass is 9.98. The molecule has 1 saturated heterocycles. The van der Waals surface area contributed by atoms with Crippen molar-refractivity contribution in [3.05, 3.63) is 48.6 Å². The van der Waals surface area contributed by atoms with Gasteiger partial charge in [-0.05, 0) is 77.0 Å². The summed E-state index contributed by atoms with van der Waals surface area (Å²) in [5.74, 6) is -3.13. The Morgan fingerprint density at radius 1 is 0.430 bits per heavy atom. The molecule has 0 radical (unpaired) electrons. The zero-order valence-corrected chi connectivity index (χ0v) is 50.6. The second-order valence-electron chi connectivity index (χ2n) is 22.4. The lowest BCUT2D eigenvalue weighted by Crippen LogP contribution is -2.61. The first kappa shape index (κ1) is 73.7. The molecule has 6 atom stereocenters. The fourth-order valence-electron chi connectivity index (χ4n) is 9.91. The smallest absolute Gasteiger partial charge is 0.335 e. The van der Waals surface area contributed by atoms with E-state index in [1.807, 2.05) is 0 Å². The van der Waals surface area contributed by atoms with Crippen LogP contribution in [0.15, 0.2) is 48.6 Å². The highest BCUT2D eigenvalue weighted by molar-refractivity contribution is 5.74. The minimum absolute atomic E-state index is 0.0418. The fraction of sp³-hybridized carbons (Fsp3) is 0.821. The van der Waals surface area contributed by atoms with Crippen LogP contribution in [0.4, 0.5) is 0 Å². The first-order chi connectivity index (χ1) is 38.6. The van der Waals surface area contributed by atoms with Crippen molar-refractivity contribution < 1.29 is 58.2 Å². The number of ether oxygens (including phenoxy) is 5. The molecule has 1 aliphatic heterocycles. The van der Waals surface area contributed by atoms with Gasteiger partial charge in [0.1, 0.15) is 18.8 Å². The Balaban J connectivity index is 2.65. The fourth-order valence-corrected chi connectivity index (χ4v) is 9.91. The minimum Gasteiger partial charge on any atom is -0.479 e. The van der Waals surface area contributed by atoms with Crippen LogP contribution in [-0.4, -0.2) is 89.2 Å². The summed E-state index contributed by atoms with van der Waals surface area (Å²) >= 11 is 0. The number of carboxylic acid groups (broad SMARTS) is 1. The van der Waals surface area contributed by atoms with Crippen molar-refractivity contribution >= 4 is 23.9 Å². The molecule has 0 bridgehead atoms. The Kier molecular flexibility index (Phi) is 51.5. The molecule has 1 fully saturated rings. The van der Waals surface area contributed by atoms with Gasteiger partial charge in [-0.25, -0.2) is 4.79 Å². The quantitative estimate of drug-likeness (QED) is 0.0228. The van der Waals surface area contributed by atoms with Gasteiger partial charge in [-0.2, -0.15) is 0 Å². The monoisotopic (exact) mass is 1110 g/mol. The van der Waals surface area contributed by atoms with Gasteiger partial charge in [0, 0.05) is 19.3 Å². The molecule has 0 saturated carbocycles. The number of hydrogen-bond acceptors (Lipinski definition) is 11. The summed E-state index contributed by atoms with van der Waals surface area (Å²) < 4.78 is 28.5. The Bertz CT molecular complexity index is 1560. The average molecular weight is 1120 g/mol. The largest absolute Gasteiger partial charge is 0.479 e. The molecule has 79 heavy (non-hydrogen) atoms. The summed E-state index contributed by atoms with van der Waals surface area (Å²) in [6.07, 6.45) is 55.0. The van der Waals surface area contributed by atoms with E-state index in [2.05, 4.69) is 69.4 Å². The number of carbonyl (C=O) groups is 4. The van der Waals surface area contributed by atoms with Gasteiger partial charge in [0.25, 0.3) is 0 Å². The Morgan fingerprint density at radius 2 is 0.797 bits per heavy atom. The number of hydrogen-bond donors (Lipinski definition) is 3. The predicted molar refractivity (Wildman–Crippen MR) is 322 cm³/mol. The summed E-state index contributed by atoms with van der Waals surface area (Å²) in [6.45, 7) is 5.91. The SMILES string of the molecule is CC/C=C\C/C=C\C/C=C\CCCCCCCC(=O)OC1C(OCC(COC(=O)CCCCCCCCCCCCCCCCCCCCC)OC(=O)CCCCCCC/C=C\CCCCCCCC)OC(C(=O)O)C(O)C1O. The molecule has 3 N–H and O–H groups in total. The predicted octanol–water partition coefficient (Wildman–Crippen LogP) is 17.3. The van der Waals surface area contributed by atoms with Crippen molar-refractivity contribution in [2.45, 2.75) is 340 Å². The Labute approximate surface area is 482 Å². The number of unbranched alkanes of at least 4 members (excludes halogenated alkanes) is 34. The maximum atomic E-state index is 13.2. The van der Waals surface area contributed by atoms with Gasteiger partial charge in [0.2, 0.25) is 0 Å². The lowest BCUT2D eigenvalue weighted by molar-refractivity contribution is -0.301. The molecule has 0 aromatic heterocycles. The van der Waals surface area contributed by atoms with E-state index in [1.54, 1.807) is 0 Å². The van der Waals surface area contributed by atoms with E-state index in [-0.39, 0.29) is 25.9 Å². The minimum atomic E-state index is -1.91. The summed E-state index contributed by atoms with van der Waals surface area (Å²) in [4.78, 5) is 51.3. The van der Waals surface area contributed by atoms with Gasteiger partial charge < -0.3 is 39.0 Å². The molecule has 458 valence electrons. The lowest BCUT2D eigenvalue weighted by Gasteiger charge is -2.40. The van der Waals surface area contributed by atoms with Gasteiger partial charge in [0.05, 0.1) is 6.61 Å². The molecule has 12 nitrogen and oxygen atoms in total. The summed E-state index contributed by atoms with van der Waals surface area (Å²) in [5.41, 5.74) is 0. The molecule has 0 amide bonds. The highest BCUT2D eigenvalue weighted by Crippen LogP contribution is 2.27.